The summed E-state index contributed by atoms with van der Waals surface area (Å²) >= 11 is 0. The van der Waals surface area contributed by atoms with E-state index in [0.29, 0.717) is 24.5 Å². The van der Waals surface area contributed by atoms with E-state index in [0.717, 1.165) is 26.1 Å². The largest absolute Gasteiger partial charge is 0.444 e. The molecule has 1 aliphatic heterocycles. The van der Waals surface area contributed by atoms with E-state index in [9.17, 15) is 4.79 Å². The Labute approximate surface area is 134 Å². The van der Waals surface area contributed by atoms with Gasteiger partial charge in [0.25, 0.3) is 0 Å². The summed E-state index contributed by atoms with van der Waals surface area (Å²) < 4.78 is 10.9. The molecule has 2 rings (SSSR count). The Morgan fingerprint density at radius 2 is 1.95 bits per heavy atom. The third-order valence-corrected chi connectivity index (χ3v) is 4.44. The van der Waals surface area contributed by atoms with Crippen molar-refractivity contribution >= 4 is 6.09 Å². The van der Waals surface area contributed by atoms with Crippen molar-refractivity contribution in [2.45, 2.75) is 77.0 Å². The first-order valence-electron chi connectivity index (χ1n) is 8.75. The second-order valence-corrected chi connectivity index (χ2v) is 7.61. The highest BCUT2D eigenvalue weighted by molar-refractivity contribution is 5.67. The Kier molecular flexibility index (Phi) is 6.50. The number of rotatable bonds is 5. The highest BCUT2D eigenvalue weighted by Crippen LogP contribution is 2.28. The molecule has 5 nitrogen and oxygen atoms in total. The molecule has 1 saturated heterocycles. The Morgan fingerprint density at radius 3 is 2.55 bits per heavy atom. The van der Waals surface area contributed by atoms with Crippen LogP contribution in [0.25, 0.3) is 0 Å². The number of ether oxygens (including phenoxy) is 2. The fraction of sp³-hybridized carbons (Fsp3) is 0.941. The predicted octanol–water partition coefficient (Wildman–Crippen LogP) is 2.84. The van der Waals surface area contributed by atoms with Gasteiger partial charge >= 0.3 is 6.09 Å². The molecule has 2 atom stereocenters. The maximum absolute atomic E-state index is 11.9. The summed E-state index contributed by atoms with van der Waals surface area (Å²) in [5, 5.41) is 6.66. The van der Waals surface area contributed by atoms with Crippen LogP contribution < -0.4 is 10.6 Å². The summed E-state index contributed by atoms with van der Waals surface area (Å²) in [6.07, 6.45) is 7.07. The molecule has 0 aromatic carbocycles. The second kappa shape index (κ2) is 8.16. The Morgan fingerprint density at radius 1 is 1.23 bits per heavy atom. The first kappa shape index (κ1) is 17.5. The van der Waals surface area contributed by atoms with Gasteiger partial charge in [-0.1, -0.05) is 12.8 Å². The SMILES string of the molecule is CC(C)(C)OC(=O)NCC(NC1CCCOC1)C1CCCC1. The molecular weight excluding hydrogens is 280 g/mol. The number of hydrogen-bond acceptors (Lipinski definition) is 4. The van der Waals surface area contributed by atoms with E-state index in [1.54, 1.807) is 0 Å². The van der Waals surface area contributed by atoms with Crippen LogP contribution >= 0.6 is 0 Å². The van der Waals surface area contributed by atoms with Crippen LogP contribution in [0.3, 0.4) is 0 Å². The predicted molar refractivity (Wildman–Crippen MR) is 87.0 cm³/mol. The van der Waals surface area contributed by atoms with Gasteiger partial charge in [0, 0.05) is 25.2 Å². The summed E-state index contributed by atoms with van der Waals surface area (Å²) in [5.74, 6) is 0.650. The van der Waals surface area contributed by atoms with E-state index in [-0.39, 0.29) is 6.09 Å². The molecule has 1 amide bonds. The van der Waals surface area contributed by atoms with Gasteiger partial charge in [0.1, 0.15) is 5.60 Å². The first-order chi connectivity index (χ1) is 10.4. The van der Waals surface area contributed by atoms with Crippen LogP contribution in [0.4, 0.5) is 4.79 Å². The van der Waals surface area contributed by atoms with Gasteiger partial charge in [-0.2, -0.15) is 0 Å². The smallest absolute Gasteiger partial charge is 0.407 e. The zero-order chi connectivity index (χ0) is 16.0. The highest BCUT2D eigenvalue weighted by atomic mass is 16.6. The topological polar surface area (TPSA) is 59.6 Å². The summed E-state index contributed by atoms with van der Waals surface area (Å²) in [7, 11) is 0. The minimum absolute atomic E-state index is 0.321. The molecule has 22 heavy (non-hydrogen) atoms. The average molecular weight is 312 g/mol. The molecule has 2 N–H and O–H groups in total. The normalized spacial score (nSPS) is 25.0. The molecule has 1 aliphatic carbocycles. The molecule has 0 aromatic heterocycles. The van der Waals surface area contributed by atoms with Crippen LogP contribution in [0.2, 0.25) is 0 Å². The molecule has 0 radical (unpaired) electrons. The van der Waals surface area contributed by atoms with Gasteiger partial charge in [-0.3, -0.25) is 0 Å². The lowest BCUT2D eigenvalue weighted by molar-refractivity contribution is 0.0494. The van der Waals surface area contributed by atoms with E-state index < -0.39 is 5.60 Å². The third-order valence-electron chi connectivity index (χ3n) is 4.44. The standard InChI is InChI=1S/C17H32N2O3/c1-17(2,3)22-16(20)18-11-15(13-7-4-5-8-13)19-14-9-6-10-21-12-14/h13-15,19H,4-12H2,1-3H3,(H,18,20). The number of nitrogens with one attached hydrogen (secondary N) is 2. The lowest BCUT2D eigenvalue weighted by Crippen LogP contribution is -2.51. The van der Waals surface area contributed by atoms with Crippen molar-refractivity contribution in [3.63, 3.8) is 0 Å². The van der Waals surface area contributed by atoms with Crippen molar-refractivity contribution in [3.8, 4) is 0 Å². The molecular formula is C17H32N2O3. The number of carbonyl (C=O) groups excluding carboxylic acids is 1. The minimum Gasteiger partial charge on any atom is -0.444 e. The number of carbonyl (C=O) groups is 1. The summed E-state index contributed by atoms with van der Waals surface area (Å²) in [5.41, 5.74) is -0.447. The Balaban J connectivity index is 1.82. The molecule has 2 fully saturated rings. The quantitative estimate of drug-likeness (QED) is 0.819. The fourth-order valence-electron chi connectivity index (χ4n) is 3.40. The molecule has 2 unspecified atom stereocenters. The van der Waals surface area contributed by atoms with E-state index in [2.05, 4.69) is 10.6 Å². The molecule has 1 heterocycles. The van der Waals surface area contributed by atoms with Crippen molar-refractivity contribution < 1.29 is 14.3 Å². The Hall–Kier alpha value is -0.810. The zero-order valence-electron chi connectivity index (χ0n) is 14.3. The number of amides is 1. The Bertz CT molecular complexity index is 342. The summed E-state index contributed by atoms with van der Waals surface area (Å²) in [6.45, 7) is 7.96. The first-order valence-corrected chi connectivity index (χ1v) is 8.75. The van der Waals surface area contributed by atoms with Crippen molar-refractivity contribution in [1.82, 2.24) is 10.6 Å². The van der Waals surface area contributed by atoms with Crippen LogP contribution in [0.15, 0.2) is 0 Å². The van der Waals surface area contributed by atoms with E-state index >= 15 is 0 Å². The lowest BCUT2D eigenvalue weighted by atomic mass is 9.96. The van der Waals surface area contributed by atoms with Crippen molar-refractivity contribution in [3.05, 3.63) is 0 Å². The van der Waals surface area contributed by atoms with Gasteiger partial charge in [-0.25, -0.2) is 4.79 Å². The monoisotopic (exact) mass is 312 g/mol. The highest BCUT2D eigenvalue weighted by Gasteiger charge is 2.28. The maximum Gasteiger partial charge on any atom is 0.407 e. The fourth-order valence-corrected chi connectivity index (χ4v) is 3.40. The van der Waals surface area contributed by atoms with Gasteiger partial charge in [0.05, 0.1) is 6.61 Å². The second-order valence-electron chi connectivity index (χ2n) is 7.61. The van der Waals surface area contributed by atoms with Crippen molar-refractivity contribution in [1.29, 1.82) is 0 Å². The molecule has 5 heteroatoms. The maximum atomic E-state index is 11.9. The minimum atomic E-state index is -0.447. The van der Waals surface area contributed by atoms with E-state index in [1.807, 2.05) is 20.8 Å². The van der Waals surface area contributed by atoms with Crippen LogP contribution in [-0.2, 0) is 9.47 Å². The van der Waals surface area contributed by atoms with Crippen LogP contribution in [0.1, 0.15) is 59.3 Å². The molecule has 0 bridgehead atoms. The van der Waals surface area contributed by atoms with Crippen LogP contribution in [0.5, 0.6) is 0 Å². The van der Waals surface area contributed by atoms with Gasteiger partial charge in [0.15, 0.2) is 0 Å². The molecule has 128 valence electrons. The average Bonchev–Trinajstić information content (AvgIpc) is 2.96. The van der Waals surface area contributed by atoms with Gasteiger partial charge in [-0.05, 0) is 52.4 Å². The van der Waals surface area contributed by atoms with E-state index in [4.69, 9.17) is 9.47 Å². The molecule has 2 aliphatic rings. The van der Waals surface area contributed by atoms with Crippen molar-refractivity contribution in [2.75, 3.05) is 19.8 Å². The molecule has 0 spiro atoms. The summed E-state index contributed by atoms with van der Waals surface area (Å²) in [4.78, 5) is 11.9. The van der Waals surface area contributed by atoms with Gasteiger partial charge in [0.2, 0.25) is 0 Å². The van der Waals surface area contributed by atoms with E-state index in [1.165, 1.54) is 25.7 Å². The molecule has 0 aromatic rings. The van der Waals surface area contributed by atoms with Crippen molar-refractivity contribution in [2.24, 2.45) is 5.92 Å². The van der Waals surface area contributed by atoms with Gasteiger partial charge < -0.3 is 20.1 Å². The third kappa shape index (κ3) is 6.13. The lowest BCUT2D eigenvalue weighted by Gasteiger charge is -2.32. The summed E-state index contributed by atoms with van der Waals surface area (Å²) in [6, 6.07) is 0.738. The van der Waals surface area contributed by atoms with Crippen LogP contribution in [-0.4, -0.2) is 43.5 Å². The number of alkyl carbamates (subject to hydrolysis) is 1. The number of hydrogen-bond donors (Lipinski definition) is 2. The molecule has 1 saturated carbocycles. The zero-order valence-corrected chi connectivity index (χ0v) is 14.3. The van der Waals surface area contributed by atoms with Gasteiger partial charge in [-0.15, -0.1) is 0 Å². The van der Waals surface area contributed by atoms with Crippen LogP contribution in [0, 0.1) is 5.92 Å².